The van der Waals surface area contributed by atoms with E-state index in [1.54, 1.807) is 0 Å². The SMILES string of the molecule is CCO[Si](OCC)(c1ccccc1Cl)c1ccccc1Cl. The molecule has 0 amide bonds. The van der Waals surface area contributed by atoms with E-state index in [0.29, 0.717) is 23.3 Å². The lowest BCUT2D eigenvalue weighted by atomic mass is 10.4. The highest BCUT2D eigenvalue weighted by Crippen LogP contribution is 2.19. The fraction of sp³-hybridized carbons (Fsp3) is 0.250. The summed E-state index contributed by atoms with van der Waals surface area (Å²) in [5.41, 5.74) is 0. The molecule has 2 nitrogen and oxygen atoms in total. The molecule has 0 N–H and O–H groups in total. The van der Waals surface area contributed by atoms with Crippen LogP contribution in [-0.4, -0.2) is 21.8 Å². The van der Waals surface area contributed by atoms with Crippen molar-refractivity contribution in [2.75, 3.05) is 13.2 Å². The average molecular weight is 341 g/mol. The second kappa shape index (κ2) is 7.43. The molecule has 112 valence electrons. The Labute approximate surface area is 136 Å². The molecule has 5 heteroatoms. The van der Waals surface area contributed by atoms with Crippen LogP contribution in [0.1, 0.15) is 13.8 Å². The monoisotopic (exact) mass is 340 g/mol. The van der Waals surface area contributed by atoms with E-state index in [4.69, 9.17) is 32.1 Å². The molecule has 0 unspecified atom stereocenters. The molecule has 2 rings (SSSR count). The number of halogens is 2. The van der Waals surface area contributed by atoms with Gasteiger partial charge >= 0.3 is 8.56 Å². The number of hydrogen-bond acceptors (Lipinski definition) is 2. The van der Waals surface area contributed by atoms with Gasteiger partial charge in [0.25, 0.3) is 0 Å². The zero-order chi connectivity index (χ0) is 15.3. The van der Waals surface area contributed by atoms with Crippen LogP contribution in [-0.2, 0) is 8.85 Å². The third kappa shape index (κ3) is 3.33. The molecule has 0 atom stereocenters. The van der Waals surface area contributed by atoms with Gasteiger partial charge in [-0.2, -0.15) is 0 Å². The Morgan fingerprint density at radius 1 is 0.762 bits per heavy atom. The molecular formula is C16H18Cl2O2Si. The van der Waals surface area contributed by atoms with Crippen LogP contribution >= 0.6 is 23.2 Å². The van der Waals surface area contributed by atoms with E-state index in [-0.39, 0.29) is 0 Å². The normalized spacial score (nSPS) is 11.6. The van der Waals surface area contributed by atoms with Crippen LogP contribution in [0.15, 0.2) is 48.5 Å². The van der Waals surface area contributed by atoms with E-state index in [0.717, 1.165) is 10.4 Å². The van der Waals surface area contributed by atoms with Gasteiger partial charge in [-0.3, -0.25) is 0 Å². The first-order valence-electron chi connectivity index (χ1n) is 6.93. The predicted molar refractivity (Wildman–Crippen MR) is 91.2 cm³/mol. The molecule has 2 aromatic carbocycles. The lowest BCUT2D eigenvalue weighted by Crippen LogP contribution is -2.64. The van der Waals surface area contributed by atoms with Crippen LogP contribution in [0, 0.1) is 0 Å². The van der Waals surface area contributed by atoms with E-state index in [1.165, 1.54) is 0 Å². The van der Waals surface area contributed by atoms with Gasteiger partial charge in [0.2, 0.25) is 0 Å². The van der Waals surface area contributed by atoms with Gasteiger partial charge in [-0.05, 0) is 26.0 Å². The Bertz CT molecular complexity index is 551. The molecule has 2 aromatic rings. The summed E-state index contributed by atoms with van der Waals surface area (Å²) in [6.45, 7) is 4.97. The van der Waals surface area contributed by atoms with Crippen molar-refractivity contribution in [3.63, 3.8) is 0 Å². The topological polar surface area (TPSA) is 18.5 Å². The smallest absolute Gasteiger partial charge is 0.388 e. The highest BCUT2D eigenvalue weighted by molar-refractivity contribution is 6.95. The van der Waals surface area contributed by atoms with Crippen LogP contribution in [0.3, 0.4) is 0 Å². The highest BCUT2D eigenvalue weighted by atomic mass is 35.5. The Kier molecular flexibility index (Phi) is 5.85. The zero-order valence-corrected chi connectivity index (χ0v) is 14.6. The van der Waals surface area contributed by atoms with Gasteiger partial charge < -0.3 is 8.85 Å². The molecule has 0 aliphatic carbocycles. The molecule has 0 aliphatic rings. The van der Waals surface area contributed by atoms with Crippen LogP contribution in [0.4, 0.5) is 0 Å². The lowest BCUT2D eigenvalue weighted by Gasteiger charge is -2.31. The van der Waals surface area contributed by atoms with E-state index < -0.39 is 8.56 Å². The number of hydrogen-bond donors (Lipinski definition) is 0. The molecule has 0 aromatic heterocycles. The average Bonchev–Trinajstić information content (AvgIpc) is 2.48. The van der Waals surface area contributed by atoms with E-state index >= 15 is 0 Å². The molecule has 0 bridgehead atoms. The van der Waals surface area contributed by atoms with E-state index in [9.17, 15) is 0 Å². The van der Waals surface area contributed by atoms with Gasteiger partial charge in [-0.15, -0.1) is 0 Å². The molecule has 0 aliphatic heterocycles. The number of benzene rings is 2. The molecule has 0 spiro atoms. The fourth-order valence-corrected chi connectivity index (χ4v) is 6.61. The maximum atomic E-state index is 6.41. The maximum Gasteiger partial charge on any atom is 0.410 e. The summed E-state index contributed by atoms with van der Waals surface area (Å²) in [6.07, 6.45) is 0. The predicted octanol–water partition coefficient (Wildman–Crippen LogP) is 3.62. The van der Waals surface area contributed by atoms with Crippen LogP contribution in [0.2, 0.25) is 10.0 Å². The zero-order valence-electron chi connectivity index (χ0n) is 12.1. The molecule has 0 fully saturated rings. The van der Waals surface area contributed by atoms with Gasteiger partial charge in [0.15, 0.2) is 0 Å². The molecule has 0 saturated heterocycles. The van der Waals surface area contributed by atoms with Gasteiger partial charge in [0.05, 0.1) is 0 Å². The highest BCUT2D eigenvalue weighted by Gasteiger charge is 2.45. The largest absolute Gasteiger partial charge is 0.410 e. The van der Waals surface area contributed by atoms with E-state index in [1.807, 2.05) is 62.4 Å². The molecule has 21 heavy (non-hydrogen) atoms. The summed E-state index contributed by atoms with van der Waals surface area (Å²) in [4.78, 5) is 0. The van der Waals surface area contributed by atoms with Gasteiger partial charge in [0, 0.05) is 33.6 Å². The summed E-state index contributed by atoms with van der Waals surface area (Å²) in [5.74, 6) is 0. The third-order valence-electron chi connectivity index (χ3n) is 3.15. The minimum Gasteiger partial charge on any atom is -0.388 e. The van der Waals surface area contributed by atoms with Crippen molar-refractivity contribution in [3.05, 3.63) is 58.6 Å². The lowest BCUT2D eigenvalue weighted by molar-refractivity contribution is 0.208. The van der Waals surface area contributed by atoms with Crippen molar-refractivity contribution in [2.24, 2.45) is 0 Å². The van der Waals surface area contributed by atoms with Crippen molar-refractivity contribution in [3.8, 4) is 0 Å². The fourth-order valence-electron chi connectivity index (χ4n) is 2.36. The second-order valence-corrected chi connectivity index (χ2v) is 8.14. The minimum absolute atomic E-state index is 0.530. The van der Waals surface area contributed by atoms with Gasteiger partial charge in [-0.25, -0.2) is 0 Å². The second-order valence-electron chi connectivity index (χ2n) is 4.44. The Morgan fingerprint density at radius 2 is 1.14 bits per heavy atom. The maximum absolute atomic E-state index is 6.41. The van der Waals surface area contributed by atoms with Gasteiger partial charge in [-0.1, -0.05) is 59.6 Å². The van der Waals surface area contributed by atoms with Crippen molar-refractivity contribution in [2.45, 2.75) is 13.8 Å². The molecule has 0 heterocycles. The molecular weight excluding hydrogens is 323 g/mol. The Hall–Kier alpha value is -0.843. The van der Waals surface area contributed by atoms with Crippen LogP contribution in [0.25, 0.3) is 0 Å². The van der Waals surface area contributed by atoms with Crippen molar-refractivity contribution in [1.82, 2.24) is 0 Å². The summed E-state index contributed by atoms with van der Waals surface area (Å²) in [5, 5.41) is 3.07. The van der Waals surface area contributed by atoms with Crippen LogP contribution in [0.5, 0.6) is 0 Å². The summed E-state index contributed by atoms with van der Waals surface area (Å²) in [7, 11) is -2.90. The Morgan fingerprint density at radius 3 is 1.48 bits per heavy atom. The third-order valence-corrected chi connectivity index (χ3v) is 7.81. The summed E-state index contributed by atoms with van der Waals surface area (Å²) >= 11 is 12.8. The quantitative estimate of drug-likeness (QED) is 0.747. The first-order chi connectivity index (χ1) is 10.2. The van der Waals surface area contributed by atoms with Crippen LogP contribution < -0.4 is 10.4 Å². The number of rotatable bonds is 6. The first kappa shape index (κ1) is 16.5. The first-order valence-corrected chi connectivity index (χ1v) is 9.50. The summed E-state index contributed by atoms with van der Waals surface area (Å²) in [6, 6.07) is 15.3. The summed E-state index contributed by atoms with van der Waals surface area (Å²) < 4.78 is 12.3. The van der Waals surface area contributed by atoms with Crippen molar-refractivity contribution < 1.29 is 8.85 Å². The Balaban J connectivity index is 2.69. The minimum atomic E-state index is -2.90. The van der Waals surface area contributed by atoms with Gasteiger partial charge in [0.1, 0.15) is 0 Å². The molecule has 0 radical (unpaired) electrons. The van der Waals surface area contributed by atoms with E-state index in [2.05, 4.69) is 0 Å². The standard InChI is InChI=1S/C16H18Cl2O2Si/c1-3-19-21(20-4-2,15-11-7-5-9-13(15)17)16-12-8-6-10-14(16)18/h5-12H,3-4H2,1-2H3. The molecule has 0 saturated carbocycles. The van der Waals surface area contributed by atoms with Crippen molar-refractivity contribution in [1.29, 1.82) is 0 Å². The van der Waals surface area contributed by atoms with Crippen molar-refractivity contribution >= 4 is 42.1 Å².